The van der Waals surface area contributed by atoms with Gasteiger partial charge in [0.2, 0.25) is 0 Å². The lowest BCUT2D eigenvalue weighted by molar-refractivity contribution is -0.144. The third-order valence-corrected chi connectivity index (χ3v) is 3.05. The second-order valence-electron chi connectivity index (χ2n) is 4.52. The Kier molecular flexibility index (Phi) is 7.34. The fraction of sp³-hybridized carbons (Fsp3) is 0.917. The third-order valence-electron chi connectivity index (χ3n) is 3.05. The topological polar surface area (TPSA) is 52.6 Å². The van der Waals surface area contributed by atoms with Crippen molar-refractivity contribution in [3.63, 3.8) is 0 Å². The Morgan fingerprint density at radius 3 is 2.44 bits per heavy atom. The van der Waals surface area contributed by atoms with Gasteiger partial charge in [-0.15, -0.1) is 0 Å². The fourth-order valence-corrected chi connectivity index (χ4v) is 1.68. The lowest BCUT2D eigenvalue weighted by Crippen LogP contribution is -2.49. The number of carbonyl (C=O) groups is 1. The summed E-state index contributed by atoms with van der Waals surface area (Å²) >= 11 is 0. The first-order valence-corrected chi connectivity index (χ1v) is 6.13. The van der Waals surface area contributed by atoms with Crippen molar-refractivity contribution in [2.75, 3.05) is 26.7 Å². The van der Waals surface area contributed by atoms with E-state index in [0.717, 1.165) is 25.9 Å². The van der Waals surface area contributed by atoms with Crippen LogP contribution in [0.2, 0.25) is 0 Å². The average molecular weight is 230 g/mol. The van der Waals surface area contributed by atoms with Gasteiger partial charge in [-0.3, -0.25) is 4.79 Å². The Morgan fingerprint density at radius 2 is 2.00 bits per heavy atom. The Bertz CT molecular complexity index is 209. The molecule has 0 aromatic heterocycles. The van der Waals surface area contributed by atoms with Gasteiger partial charge in [-0.2, -0.15) is 0 Å². The van der Waals surface area contributed by atoms with Gasteiger partial charge in [-0.1, -0.05) is 13.8 Å². The summed E-state index contributed by atoms with van der Waals surface area (Å²) in [5, 5.41) is 12.2. The molecule has 0 amide bonds. The molecule has 0 aliphatic rings. The third kappa shape index (κ3) is 5.47. The molecule has 0 rings (SSSR count). The van der Waals surface area contributed by atoms with E-state index in [9.17, 15) is 4.79 Å². The largest absolute Gasteiger partial charge is 0.480 e. The maximum Gasteiger partial charge on any atom is 0.323 e. The summed E-state index contributed by atoms with van der Waals surface area (Å²) < 4.78 is 0. The maximum absolute atomic E-state index is 11.1. The van der Waals surface area contributed by atoms with Gasteiger partial charge in [0.1, 0.15) is 5.54 Å². The van der Waals surface area contributed by atoms with Crippen LogP contribution in [-0.4, -0.2) is 48.2 Å². The molecule has 0 heterocycles. The van der Waals surface area contributed by atoms with Crippen molar-refractivity contribution < 1.29 is 9.90 Å². The van der Waals surface area contributed by atoms with Crippen LogP contribution in [0, 0.1) is 0 Å². The van der Waals surface area contributed by atoms with Crippen molar-refractivity contribution in [1.29, 1.82) is 0 Å². The van der Waals surface area contributed by atoms with Crippen LogP contribution in [0.1, 0.15) is 40.0 Å². The fourth-order valence-electron chi connectivity index (χ4n) is 1.68. The molecule has 4 nitrogen and oxygen atoms in total. The maximum atomic E-state index is 11.1. The minimum Gasteiger partial charge on any atom is -0.480 e. The van der Waals surface area contributed by atoms with Gasteiger partial charge in [-0.05, 0) is 52.9 Å². The zero-order chi connectivity index (χ0) is 12.6. The molecule has 2 N–H and O–H groups in total. The number of nitrogens with zero attached hydrogens (tertiary/aromatic N) is 1. The van der Waals surface area contributed by atoms with E-state index in [1.807, 2.05) is 6.92 Å². The Labute approximate surface area is 99.0 Å². The molecule has 0 bridgehead atoms. The average Bonchev–Trinajstić information content (AvgIpc) is 2.24. The Balaban J connectivity index is 3.90. The number of rotatable bonds is 9. The molecule has 1 unspecified atom stereocenters. The van der Waals surface area contributed by atoms with Crippen LogP contribution in [0.15, 0.2) is 0 Å². The Morgan fingerprint density at radius 1 is 1.38 bits per heavy atom. The number of carboxylic acids is 1. The normalized spacial score (nSPS) is 15.1. The monoisotopic (exact) mass is 230 g/mol. The van der Waals surface area contributed by atoms with E-state index in [-0.39, 0.29) is 0 Å². The molecule has 0 aliphatic carbocycles. The van der Waals surface area contributed by atoms with Gasteiger partial charge in [0.25, 0.3) is 0 Å². The smallest absolute Gasteiger partial charge is 0.323 e. The van der Waals surface area contributed by atoms with E-state index in [2.05, 4.69) is 24.2 Å². The van der Waals surface area contributed by atoms with Gasteiger partial charge in [0.05, 0.1) is 0 Å². The number of aliphatic carboxylic acids is 1. The number of nitrogens with one attached hydrogen (secondary N) is 1. The van der Waals surface area contributed by atoms with E-state index in [0.29, 0.717) is 13.0 Å². The first-order valence-electron chi connectivity index (χ1n) is 6.13. The number of unbranched alkanes of at least 4 members (excludes halogenated alkanes) is 1. The number of likely N-dealkylation sites (N-methyl/N-ethyl adjacent to an activating group) is 1. The second kappa shape index (κ2) is 7.63. The summed E-state index contributed by atoms with van der Waals surface area (Å²) in [6, 6.07) is 0. The molecule has 1 atom stereocenters. The van der Waals surface area contributed by atoms with Crippen molar-refractivity contribution >= 4 is 5.97 Å². The molecular formula is C12H26N2O2. The van der Waals surface area contributed by atoms with Crippen molar-refractivity contribution in [3.05, 3.63) is 0 Å². The molecule has 0 saturated carbocycles. The molecular weight excluding hydrogens is 204 g/mol. The van der Waals surface area contributed by atoms with Crippen LogP contribution >= 0.6 is 0 Å². The predicted octanol–water partition coefficient (Wildman–Crippen LogP) is 1.56. The van der Waals surface area contributed by atoms with E-state index in [1.54, 1.807) is 6.92 Å². The zero-order valence-corrected chi connectivity index (χ0v) is 11.0. The molecule has 0 aromatic carbocycles. The summed E-state index contributed by atoms with van der Waals surface area (Å²) in [4.78, 5) is 13.4. The SMILES string of the molecule is CCNC(C)(CCCCN(C)CC)C(=O)O. The van der Waals surface area contributed by atoms with E-state index >= 15 is 0 Å². The molecule has 0 fully saturated rings. The minimum atomic E-state index is -0.764. The van der Waals surface area contributed by atoms with Crippen molar-refractivity contribution in [2.24, 2.45) is 0 Å². The predicted molar refractivity (Wildman–Crippen MR) is 66.7 cm³/mol. The number of hydrogen-bond acceptors (Lipinski definition) is 3. The first kappa shape index (κ1) is 15.4. The van der Waals surface area contributed by atoms with Crippen molar-refractivity contribution in [2.45, 2.75) is 45.6 Å². The van der Waals surface area contributed by atoms with Crippen LogP contribution in [0.5, 0.6) is 0 Å². The first-order chi connectivity index (χ1) is 7.46. The zero-order valence-electron chi connectivity index (χ0n) is 11.0. The van der Waals surface area contributed by atoms with Crippen LogP contribution in [-0.2, 0) is 4.79 Å². The molecule has 0 spiro atoms. The highest BCUT2D eigenvalue weighted by Crippen LogP contribution is 2.14. The van der Waals surface area contributed by atoms with Gasteiger partial charge in [0, 0.05) is 0 Å². The quantitative estimate of drug-likeness (QED) is 0.590. The van der Waals surface area contributed by atoms with Crippen LogP contribution < -0.4 is 5.32 Å². The molecule has 0 aromatic rings. The van der Waals surface area contributed by atoms with E-state index in [1.165, 1.54) is 0 Å². The molecule has 4 heteroatoms. The van der Waals surface area contributed by atoms with Crippen molar-refractivity contribution in [1.82, 2.24) is 10.2 Å². The highest BCUT2D eigenvalue weighted by molar-refractivity contribution is 5.78. The standard InChI is InChI=1S/C12H26N2O2/c1-5-13-12(3,11(15)16)9-7-8-10-14(4)6-2/h13H,5-10H2,1-4H3,(H,15,16). The lowest BCUT2D eigenvalue weighted by atomic mass is 9.95. The highest BCUT2D eigenvalue weighted by Gasteiger charge is 2.30. The highest BCUT2D eigenvalue weighted by atomic mass is 16.4. The van der Waals surface area contributed by atoms with Crippen LogP contribution in [0.25, 0.3) is 0 Å². The molecule has 16 heavy (non-hydrogen) atoms. The summed E-state index contributed by atoms with van der Waals surface area (Å²) in [6.07, 6.45) is 2.69. The van der Waals surface area contributed by atoms with E-state index < -0.39 is 11.5 Å². The summed E-state index contributed by atoms with van der Waals surface area (Å²) in [6.45, 7) is 8.60. The lowest BCUT2D eigenvalue weighted by Gasteiger charge is -2.26. The number of hydrogen-bond donors (Lipinski definition) is 2. The van der Waals surface area contributed by atoms with Crippen LogP contribution in [0.3, 0.4) is 0 Å². The minimum absolute atomic E-state index is 0.688. The van der Waals surface area contributed by atoms with Crippen molar-refractivity contribution in [3.8, 4) is 0 Å². The van der Waals surface area contributed by atoms with Gasteiger partial charge < -0.3 is 15.3 Å². The second-order valence-corrected chi connectivity index (χ2v) is 4.52. The molecule has 96 valence electrons. The molecule has 0 radical (unpaired) electrons. The van der Waals surface area contributed by atoms with E-state index in [4.69, 9.17) is 5.11 Å². The molecule has 0 saturated heterocycles. The van der Waals surface area contributed by atoms with Gasteiger partial charge in [-0.25, -0.2) is 0 Å². The van der Waals surface area contributed by atoms with Crippen LogP contribution in [0.4, 0.5) is 0 Å². The molecule has 0 aliphatic heterocycles. The summed E-state index contributed by atoms with van der Waals surface area (Å²) in [5.41, 5.74) is -0.764. The number of carboxylic acid groups (broad SMARTS) is 1. The van der Waals surface area contributed by atoms with Gasteiger partial charge >= 0.3 is 5.97 Å². The Hall–Kier alpha value is -0.610. The van der Waals surface area contributed by atoms with Gasteiger partial charge in [0.15, 0.2) is 0 Å². The summed E-state index contributed by atoms with van der Waals surface area (Å²) in [5.74, 6) is -0.752. The summed E-state index contributed by atoms with van der Waals surface area (Å²) in [7, 11) is 2.08.